The Morgan fingerprint density at radius 2 is 2.06 bits per heavy atom. The molecule has 1 unspecified atom stereocenters. The molecular weight excluding hydrogens is 229 g/mol. The Kier molecular flexibility index (Phi) is 5.14. The van der Waals surface area contributed by atoms with Crippen LogP contribution in [0.25, 0.3) is 0 Å². The van der Waals surface area contributed by atoms with E-state index in [1.165, 1.54) is 31.7 Å². The number of hydrogen-bond acceptors (Lipinski definition) is 2. The summed E-state index contributed by atoms with van der Waals surface area (Å²) in [6.07, 6.45) is 5.34. The predicted molar refractivity (Wildman–Crippen MR) is 70.9 cm³/mol. The Labute approximate surface area is 109 Å². The van der Waals surface area contributed by atoms with Crippen molar-refractivity contribution in [3.63, 3.8) is 0 Å². The van der Waals surface area contributed by atoms with Crippen molar-refractivity contribution in [1.29, 1.82) is 0 Å². The third-order valence-electron chi connectivity index (χ3n) is 3.53. The minimum atomic E-state index is -0.187. The lowest BCUT2D eigenvalue weighted by Crippen LogP contribution is -2.33. The number of nitrogens with one attached hydrogen (secondary N) is 1. The van der Waals surface area contributed by atoms with Gasteiger partial charge in [0, 0.05) is 18.2 Å². The highest BCUT2D eigenvalue weighted by molar-refractivity contribution is 5.16. The molecule has 0 saturated heterocycles. The average molecular weight is 251 g/mol. The first-order valence-electron chi connectivity index (χ1n) is 6.84. The van der Waals surface area contributed by atoms with Gasteiger partial charge < -0.3 is 10.1 Å². The van der Waals surface area contributed by atoms with E-state index in [1.54, 1.807) is 12.1 Å². The van der Waals surface area contributed by atoms with Gasteiger partial charge in [0.1, 0.15) is 5.82 Å². The van der Waals surface area contributed by atoms with Gasteiger partial charge in [0.2, 0.25) is 0 Å². The highest BCUT2D eigenvalue weighted by atomic mass is 19.1. The van der Waals surface area contributed by atoms with Crippen molar-refractivity contribution in [1.82, 2.24) is 5.32 Å². The van der Waals surface area contributed by atoms with Gasteiger partial charge in [0.05, 0.1) is 12.7 Å². The van der Waals surface area contributed by atoms with Crippen LogP contribution in [-0.2, 0) is 11.3 Å². The number of hydrogen-bond donors (Lipinski definition) is 1. The van der Waals surface area contributed by atoms with Crippen LogP contribution >= 0.6 is 0 Å². The van der Waals surface area contributed by atoms with Gasteiger partial charge in [-0.3, -0.25) is 0 Å². The fraction of sp³-hybridized carbons (Fsp3) is 0.600. The molecule has 0 amide bonds. The van der Waals surface area contributed by atoms with E-state index >= 15 is 0 Å². The molecule has 2 nitrogen and oxygen atoms in total. The van der Waals surface area contributed by atoms with Crippen molar-refractivity contribution in [2.75, 3.05) is 6.54 Å². The second kappa shape index (κ2) is 6.86. The lowest BCUT2D eigenvalue weighted by Gasteiger charge is -2.17. The first kappa shape index (κ1) is 13.5. The third-order valence-corrected chi connectivity index (χ3v) is 3.53. The molecule has 3 heteroatoms. The molecule has 2 rings (SSSR count). The largest absolute Gasteiger partial charge is 0.372 e. The van der Waals surface area contributed by atoms with Crippen LogP contribution in [0.2, 0.25) is 0 Å². The quantitative estimate of drug-likeness (QED) is 0.838. The summed E-state index contributed by atoms with van der Waals surface area (Å²) in [6.45, 7) is 3.22. The van der Waals surface area contributed by atoms with Crippen LogP contribution in [0.1, 0.15) is 38.2 Å². The van der Waals surface area contributed by atoms with E-state index in [0.717, 1.165) is 6.54 Å². The molecule has 1 aromatic carbocycles. The summed E-state index contributed by atoms with van der Waals surface area (Å²) in [5, 5.41) is 3.51. The zero-order valence-electron chi connectivity index (χ0n) is 11.0. The van der Waals surface area contributed by atoms with Crippen LogP contribution in [0.15, 0.2) is 24.3 Å². The standard InChI is InChI=1S/C15H22FNO/c1-12(10-17-14-7-3-4-8-14)18-11-13-6-2-5-9-15(13)16/h2,5-6,9,12,14,17H,3-4,7-8,10-11H2,1H3. The van der Waals surface area contributed by atoms with E-state index in [1.807, 2.05) is 13.0 Å². The molecule has 1 aromatic rings. The fourth-order valence-electron chi connectivity index (χ4n) is 2.37. The van der Waals surface area contributed by atoms with Gasteiger partial charge in [-0.1, -0.05) is 31.0 Å². The highest BCUT2D eigenvalue weighted by Gasteiger charge is 2.15. The van der Waals surface area contributed by atoms with Crippen molar-refractivity contribution < 1.29 is 9.13 Å². The van der Waals surface area contributed by atoms with E-state index in [4.69, 9.17) is 4.74 Å². The van der Waals surface area contributed by atoms with Crippen molar-refractivity contribution in [2.45, 2.75) is 51.4 Å². The second-order valence-electron chi connectivity index (χ2n) is 5.10. The predicted octanol–water partition coefficient (Wildman–Crippen LogP) is 3.26. The Bertz CT molecular complexity index is 363. The van der Waals surface area contributed by atoms with E-state index in [0.29, 0.717) is 18.2 Å². The molecule has 0 bridgehead atoms. The fourth-order valence-corrected chi connectivity index (χ4v) is 2.37. The van der Waals surface area contributed by atoms with Gasteiger partial charge in [-0.15, -0.1) is 0 Å². The van der Waals surface area contributed by atoms with Crippen molar-refractivity contribution in [2.24, 2.45) is 0 Å². The van der Waals surface area contributed by atoms with Crippen LogP contribution in [0.5, 0.6) is 0 Å². The smallest absolute Gasteiger partial charge is 0.128 e. The maximum atomic E-state index is 13.4. The number of ether oxygens (including phenoxy) is 1. The maximum Gasteiger partial charge on any atom is 0.128 e. The minimum Gasteiger partial charge on any atom is -0.372 e. The van der Waals surface area contributed by atoms with Gasteiger partial charge in [-0.25, -0.2) is 4.39 Å². The molecule has 1 N–H and O–H groups in total. The normalized spacial score (nSPS) is 18.1. The minimum absolute atomic E-state index is 0.116. The van der Waals surface area contributed by atoms with E-state index in [2.05, 4.69) is 5.32 Å². The molecule has 0 heterocycles. The lowest BCUT2D eigenvalue weighted by molar-refractivity contribution is 0.0498. The van der Waals surface area contributed by atoms with Gasteiger partial charge in [0.15, 0.2) is 0 Å². The van der Waals surface area contributed by atoms with Crippen molar-refractivity contribution in [3.8, 4) is 0 Å². The van der Waals surface area contributed by atoms with Gasteiger partial charge in [-0.2, -0.15) is 0 Å². The molecule has 1 saturated carbocycles. The molecule has 1 atom stereocenters. The summed E-state index contributed by atoms with van der Waals surface area (Å²) in [6, 6.07) is 7.43. The van der Waals surface area contributed by atoms with Crippen LogP contribution in [-0.4, -0.2) is 18.7 Å². The van der Waals surface area contributed by atoms with E-state index in [-0.39, 0.29) is 11.9 Å². The molecule has 100 valence electrons. The Balaban J connectivity index is 1.68. The topological polar surface area (TPSA) is 21.3 Å². The molecule has 0 aromatic heterocycles. The van der Waals surface area contributed by atoms with Crippen molar-refractivity contribution >= 4 is 0 Å². The summed E-state index contributed by atoms with van der Waals surface area (Å²) in [7, 11) is 0. The maximum absolute atomic E-state index is 13.4. The molecule has 1 fully saturated rings. The number of rotatable bonds is 6. The molecule has 0 radical (unpaired) electrons. The molecule has 0 aliphatic heterocycles. The van der Waals surface area contributed by atoms with Crippen LogP contribution < -0.4 is 5.32 Å². The Morgan fingerprint density at radius 3 is 2.78 bits per heavy atom. The van der Waals surface area contributed by atoms with Gasteiger partial charge >= 0.3 is 0 Å². The SMILES string of the molecule is CC(CNC1CCCC1)OCc1ccccc1F. The van der Waals surface area contributed by atoms with Crippen LogP contribution in [0, 0.1) is 5.82 Å². The summed E-state index contributed by atoms with van der Waals surface area (Å²) >= 11 is 0. The molecule has 0 spiro atoms. The van der Waals surface area contributed by atoms with Gasteiger partial charge in [-0.05, 0) is 25.8 Å². The molecule has 1 aliphatic rings. The zero-order valence-corrected chi connectivity index (χ0v) is 11.0. The lowest BCUT2D eigenvalue weighted by atomic mass is 10.2. The van der Waals surface area contributed by atoms with E-state index in [9.17, 15) is 4.39 Å². The molecular formula is C15H22FNO. The summed E-state index contributed by atoms with van der Waals surface area (Å²) in [5.74, 6) is -0.187. The van der Waals surface area contributed by atoms with E-state index < -0.39 is 0 Å². The highest BCUT2D eigenvalue weighted by Crippen LogP contribution is 2.17. The van der Waals surface area contributed by atoms with Crippen LogP contribution in [0.4, 0.5) is 4.39 Å². The number of halogens is 1. The van der Waals surface area contributed by atoms with Gasteiger partial charge in [0.25, 0.3) is 0 Å². The third kappa shape index (κ3) is 4.07. The molecule has 1 aliphatic carbocycles. The summed E-state index contributed by atoms with van der Waals surface area (Å²) in [5.41, 5.74) is 0.630. The van der Waals surface area contributed by atoms with Crippen LogP contribution in [0.3, 0.4) is 0 Å². The summed E-state index contributed by atoms with van der Waals surface area (Å²) in [4.78, 5) is 0. The Morgan fingerprint density at radius 1 is 1.33 bits per heavy atom. The summed E-state index contributed by atoms with van der Waals surface area (Å²) < 4.78 is 19.0. The van der Waals surface area contributed by atoms with Crippen molar-refractivity contribution in [3.05, 3.63) is 35.6 Å². The molecule has 18 heavy (non-hydrogen) atoms. The Hall–Kier alpha value is -0.930. The monoisotopic (exact) mass is 251 g/mol. The second-order valence-corrected chi connectivity index (χ2v) is 5.10. The number of benzene rings is 1. The first-order chi connectivity index (χ1) is 8.75. The first-order valence-corrected chi connectivity index (χ1v) is 6.84. The zero-order chi connectivity index (χ0) is 12.8. The average Bonchev–Trinajstić information content (AvgIpc) is 2.88.